The molecule has 3 N–H and O–H groups in total. The molecule has 2 heterocycles. The number of nitrogens with one attached hydrogen (secondary N) is 3. The van der Waals surface area contributed by atoms with Crippen LogP contribution in [0.25, 0.3) is 10.9 Å². The number of carbonyl (C=O) groups is 1. The highest BCUT2D eigenvalue weighted by Crippen LogP contribution is 2.18. The van der Waals surface area contributed by atoms with E-state index in [-0.39, 0.29) is 5.91 Å². The summed E-state index contributed by atoms with van der Waals surface area (Å²) >= 11 is 0. The lowest BCUT2D eigenvalue weighted by atomic mass is 10.1. The van der Waals surface area contributed by atoms with E-state index in [0.717, 1.165) is 29.7 Å². The first-order valence-electron chi connectivity index (χ1n) is 9.74. The van der Waals surface area contributed by atoms with Crippen LogP contribution in [0.15, 0.2) is 67.0 Å². The van der Waals surface area contributed by atoms with Crippen molar-refractivity contribution >= 4 is 28.3 Å². The molecule has 0 aliphatic carbocycles. The normalized spacial score (nSPS) is 10.8. The molecule has 0 atom stereocenters. The van der Waals surface area contributed by atoms with Gasteiger partial charge in [0.1, 0.15) is 5.82 Å². The topological polar surface area (TPSA) is 69.8 Å². The fourth-order valence-corrected chi connectivity index (χ4v) is 3.32. The van der Waals surface area contributed by atoms with Gasteiger partial charge >= 0.3 is 0 Å². The van der Waals surface area contributed by atoms with E-state index in [4.69, 9.17) is 0 Å². The number of nitrogens with zero attached hydrogens (tertiary/aromatic N) is 1. The molecule has 29 heavy (non-hydrogen) atoms. The largest absolute Gasteiger partial charge is 0.383 e. The second-order valence-corrected chi connectivity index (χ2v) is 7.22. The third kappa shape index (κ3) is 4.29. The summed E-state index contributed by atoms with van der Waals surface area (Å²) in [5, 5.41) is 7.49. The molecular weight excluding hydrogens is 360 g/mol. The first kappa shape index (κ1) is 18.7. The van der Waals surface area contributed by atoms with Crippen molar-refractivity contribution in [3.63, 3.8) is 0 Å². The Labute approximate surface area is 170 Å². The first-order chi connectivity index (χ1) is 14.1. The molecule has 0 aliphatic rings. The highest BCUT2D eigenvalue weighted by molar-refractivity contribution is 6.03. The van der Waals surface area contributed by atoms with E-state index in [1.807, 2.05) is 50.2 Å². The molecule has 0 saturated heterocycles. The number of hydrogen-bond donors (Lipinski definition) is 3. The van der Waals surface area contributed by atoms with E-state index >= 15 is 0 Å². The Bertz CT molecular complexity index is 1150. The van der Waals surface area contributed by atoms with Crippen molar-refractivity contribution < 1.29 is 4.79 Å². The Hall–Kier alpha value is -3.60. The minimum atomic E-state index is -0.152. The van der Waals surface area contributed by atoms with Crippen molar-refractivity contribution in [1.29, 1.82) is 0 Å². The Morgan fingerprint density at radius 2 is 1.90 bits per heavy atom. The maximum Gasteiger partial charge on any atom is 0.256 e. The number of H-pyrrole nitrogens is 1. The van der Waals surface area contributed by atoms with E-state index in [1.165, 1.54) is 16.5 Å². The van der Waals surface area contributed by atoms with E-state index in [9.17, 15) is 4.79 Å². The molecule has 2 aromatic heterocycles. The summed E-state index contributed by atoms with van der Waals surface area (Å²) in [5.74, 6) is 0.385. The quantitative estimate of drug-likeness (QED) is 0.434. The van der Waals surface area contributed by atoms with Gasteiger partial charge in [-0.2, -0.15) is 0 Å². The zero-order valence-electron chi connectivity index (χ0n) is 16.6. The predicted octanol–water partition coefficient (Wildman–Crippen LogP) is 5.09. The molecule has 0 aliphatic heterocycles. The van der Waals surface area contributed by atoms with Gasteiger partial charge < -0.3 is 15.6 Å². The number of carbonyl (C=O) groups excluding carboxylic acids is 1. The van der Waals surface area contributed by atoms with Gasteiger partial charge in [-0.15, -0.1) is 0 Å². The summed E-state index contributed by atoms with van der Waals surface area (Å²) in [5.41, 5.74) is 6.28. The molecule has 0 bridgehead atoms. The van der Waals surface area contributed by atoms with Crippen molar-refractivity contribution in [3.05, 3.63) is 89.2 Å². The zero-order chi connectivity index (χ0) is 20.2. The molecule has 0 unspecified atom stereocenters. The summed E-state index contributed by atoms with van der Waals surface area (Å²) in [4.78, 5) is 20.1. The van der Waals surface area contributed by atoms with Gasteiger partial charge in [-0.05, 0) is 67.3 Å². The van der Waals surface area contributed by atoms with Crippen LogP contribution in [0.3, 0.4) is 0 Å². The highest BCUT2D eigenvalue weighted by atomic mass is 16.1. The molecule has 2 aromatic carbocycles. The van der Waals surface area contributed by atoms with Crippen LogP contribution in [-0.4, -0.2) is 22.4 Å². The van der Waals surface area contributed by atoms with Crippen LogP contribution < -0.4 is 10.6 Å². The zero-order valence-corrected chi connectivity index (χ0v) is 16.6. The third-order valence-electron chi connectivity index (χ3n) is 5.17. The molecule has 0 spiro atoms. The van der Waals surface area contributed by atoms with Crippen LogP contribution in [0.1, 0.15) is 27.0 Å². The van der Waals surface area contributed by atoms with Gasteiger partial charge in [-0.25, -0.2) is 4.98 Å². The SMILES string of the molecule is Cc1ccc(C(=O)Nc2ccc(NCCc3c[nH]c4ccccc34)cn2)cc1C. The highest BCUT2D eigenvalue weighted by Gasteiger charge is 2.08. The molecule has 5 nitrogen and oxygen atoms in total. The second-order valence-electron chi connectivity index (χ2n) is 7.22. The summed E-state index contributed by atoms with van der Waals surface area (Å²) in [6, 6.07) is 17.7. The van der Waals surface area contributed by atoms with Gasteiger partial charge in [0.15, 0.2) is 0 Å². The first-order valence-corrected chi connectivity index (χ1v) is 9.74. The number of para-hydroxylation sites is 1. The number of aryl methyl sites for hydroxylation is 2. The number of aromatic nitrogens is 2. The lowest BCUT2D eigenvalue weighted by Gasteiger charge is -2.09. The van der Waals surface area contributed by atoms with Crippen LogP contribution in [0.4, 0.5) is 11.5 Å². The lowest BCUT2D eigenvalue weighted by molar-refractivity contribution is 0.102. The van der Waals surface area contributed by atoms with Crippen molar-refractivity contribution in [2.24, 2.45) is 0 Å². The number of pyridine rings is 1. The fraction of sp³-hybridized carbons (Fsp3) is 0.167. The smallest absolute Gasteiger partial charge is 0.256 e. The standard InChI is InChI=1S/C24H24N4O/c1-16-7-8-18(13-17(16)2)24(29)28-23-10-9-20(15-27-23)25-12-11-19-14-26-22-6-4-3-5-21(19)22/h3-10,13-15,25-26H,11-12H2,1-2H3,(H,27,28,29). The van der Waals surface area contributed by atoms with Gasteiger partial charge in [0, 0.05) is 29.2 Å². The number of amides is 1. The van der Waals surface area contributed by atoms with Gasteiger partial charge in [0.2, 0.25) is 0 Å². The maximum absolute atomic E-state index is 12.4. The van der Waals surface area contributed by atoms with E-state index in [2.05, 4.69) is 45.0 Å². The number of aromatic amines is 1. The number of fused-ring (bicyclic) bond motifs is 1. The monoisotopic (exact) mass is 384 g/mol. The minimum Gasteiger partial charge on any atom is -0.383 e. The number of hydrogen-bond acceptors (Lipinski definition) is 3. The molecule has 5 heteroatoms. The van der Waals surface area contributed by atoms with Crippen LogP contribution in [0, 0.1) is 13.8 Å². The van der Waals surface area contributed by atoms with E-state index in [1.54, 1.807) is 6.20 Å². The summed E-state index contributed by atoms with van der Waals surface area (Å²) in [6.45, 7) is 4.84. The Morgan fingerprint density at radius 3 is 2.69 bits per heavy atom. The lowest BCUT2D eigenvalue weighted by Crippen LogP contribution is -2.13. The van der Waals surface area contributed by atoms with Crippen molar-refractivity contribution in [2.75, 3.05) is 17.2 Å². The number of rotatable bonds is 6. The van der Waals surface area contributed by atoms with Crippen molar-refractivity contribution in [1.82, 2.24) is 9.97 Å². The Balaban J connectivity index is 1.33. The average molecular weight is 384 g/mol. The average Bonchev–Trinajstić information content (AvgIpc) is 3.14. The van der Waals surface area contributed by atoms with Crippen LogP contribution in [-0.2, 0) is 6.42 Å². The van der Waals surface area contributed by atoms with Gasteiger partial charge in [0.05, 0.1) is 11.9 Å². The van der Waals surface area contributed by atoms with Crippen LogP contribution >= 0.6 is 0 Å². The minimum absolute atomic E-state index is 0.152. The Morgan fingerprint density at radius 1 is 1.03 bits per heavy atom. The van der Waals surface area contributed by atoms with Gasteiger partial charge in [-0.3, -0.25) is 4.79 Å². The van der Waals surface area contributed by atoms with Gasteiger partial charge in [-0.1, -0.05) is 24.3 Å². The summed E-state index contributed by atoms with van der Waals surface area (Å²) < 4.78 is 0. The van der Waals surface area contributed by atoms with Crippen LogP contribution in [0.2, 0.25) is 0 Å². The summed E-state index contributed by atoms with van der Waals surface area (Å²) in [7, 11) is 0. The molecular formula is C24H24N4O. The predicted molar refractivity (Wildman–Crippen MR) is 119 cm³/mol. The molecule has 0 radical (unpaired) electrons. The molecule has 0 saturated carbocycles. The van der Waals surface area contributed by atoms with Crippen LogP contribution in [0.5, 0.6) is 0 Å². The Kier molecular flexibility index (Phi) is 5.29. The molecule has 0 fully saturated rings. The fourth-order valence-electron chi connectivity index (χ4n) is 3.32. The number of anilines is 2. The molecule has 146 valence electrons. The summed E-state index contributed by atoms with van der Waals surface area (Å²) in [6.07, 6.45) is 4.72. The molecule has 1 amide bonds. The van der Waals surface area contributed by atoms with E-state index in [0.29, 0.717) is 11.4 Å². The van der Waals surface area contributed by atoms with Gasteiger partial charge in [0.25, 0.3) is 5.91 Å². The van der Waals surface area contributed by atoms with Crippen molar-refractivity contribution in [3.8, 4) is 0 Å². The second kappa shape index (κ2) is 8.19. The maximum atomic E-state index is 12.4. The molecule has 4 aromatic rings. The number of benzene rings is 2. The van der Waals surface area contributed by atoms with Crippen molar-refractivity contribution in [2.45, 2.75) is 20.3 Å². The van der Waals surface area contributed by atoms with E-state index < -0.39 is 0 Å². The third-order valence-corrected chi connectivity index (χ3v) is 5.17. The molecule has 4 rings (SSSR count).